The highest BCUT2D eigenvalue weighted by molar-refractivity contribution is 7.22. The molecule has 45 heavy (non-hydrogen) atoms. The summed E-state index contributed by atoms with van der Waals surface area (Å²) < 4.78 is 27.4. The fraction of sp³-hybridized carbons (Fsp3) is 0.429. The molecule has 1 atom stereocenters. The second-order valence-corrected chi connectivity index (χ2v) is 14.2. The molecule has 1 aliphatic carbocycles. The number of pyridine rings is 2. The maximum Gasteiger partial charge on any atom is 0.410 e. The lowest BCUT2D eigenvalue weighted by atomic mass is 10.0. The highest BCUT2D eigenvalue weighted by Crippen LogP contribution is 2.39. The van der Waals surface area contributed by atoms with Gasteiger partial charge in [0.25, 0.3) is 0 Å². The number of ether oxygens (including phenoxy) is 2. The molecular weight excluding hydrogens is 591 g/mol. The highest BCUT2D eigenvalue weighted by atomic mass is 32.1. The predicted octanol–water partition coefficient (Wildman–Crippen LogP) is 7.64. The van der Waals surface area contributed by atoms with Crippen molar-refractivity contribution in [2.75, 3.05) is 19.6 Å². The maximum absolute atomic E-state index is 15.0. The summed E-state index contributed by atoms with van der Waals surface area (Å²) in [5, 5.41) is 0. The molecular formula is C35H39FN4O4S. The van der Waals surface area contributed by atoms with Crippen LogP contribution >= 0.6 is 11.3 Å². The van der Waals surface area contributed by atoms with Crippen LogP contribution in [0.1, 0.15) is 58.1 Å². The van der Waals surface area contributed by atoms with Crippen molar-refractivity contribution in [3.05, 3.63) is 71.8 Å². The van der Waals surface area contributed by atoms with E-state index in [1.807, 2.05) is 46.0 Å². The van der Waals surface area contributed by atoms with Crippen LogP contribution in [0, 0.1) is 11.7 Å². The summed E-state index contributed by atoms with van der Waals surface area (Å²) in [6.07, 6.45) is 6.35. The number of ketones is 1. The maximum atomic E-state index is 15.0. The zero-order valence-corrected chi connectivity index (χ0v) is 27.0. The molecule has 0 radical (unpaired) electrons. The summed E-state index contributed by atoms with van der Waals surface area (Å²) in [5.41, 5.74) is 2.81. The first-order chi connectivity index (χ1) is 21.5. The monoisotopic (exact) mass is 630 g/mol. The summed E-state index contributed by atoms with van der Waals surface area (Å²) in [5.74, 6) is 0.809. The van der Waals surface area contributed by atoms with E-state index in [0.717, 1.165) is 58.8 Å². The van der Waals surface area contributed by atoms with E-state index in [1.165, 1.54) is 17.4 Å². The summed E-state index contributed by atoms with van der Waals surface area (Å²) >= 11 is 1.50. The minimum absolute atomic E-state index is 0.0517. The van der Waals surface area contributed by atoms with E-state index < -0.39 is 11.4 Å². The SMILES string of the molecule is C[C@@H]1CN(Cc2ccc(-c3cc4nccc(Oc5ccc(CC(=O)CC6CC6)cc5F)c4s3)nc2)CCN1C(=O)OC(C)(C)C. The smallest absolute Gasteiger partial charge is 0.410 e. The van der Waals surface area contributed by atoms with Gasteiger partial charge in [-0.05, 0) is 81.8 Å². The normalized spacial score (nSPS) is 17.4. The number of halogens is 1. The Morgan fingerprint density at radius 2 is 1.82 bits per heavy atom. The number of aromatic nitrogens is 2. The molecule has 1 amide bonds. The lowest BCUT2D eigenvalue weighted by Crippen LogP contribution is -2.54. The van der Waals surface area contributed by atoms with Crippen molar-refractivity contribution in [3.63, 3.8) is 0 Å². The Morgan fingerprint density at radius 1 is 1.02 bits per heavy atom. The first-order valence-electron chi connectivity index (χ1n) is 15.5. The molecule has 8 nitrogen and oxygen atoms in total. The molecule has 10 heteroatoms. The molecule has 0 bridgehead atoms. The Kier molecular flexibility index (Phi) is 8.88. The number of fused-ring (bicyclic) bond motifs is 1. The van der Waals surface area contributed by atoms with E-state index >= 15 is 0 Å². The largest absolute Gasteiger partial charge is 0.453 e. The third-order valence-electron chi connectivity index (χ3n) is 8.03. The van der Waals surface area contributed by atoms with Gasteiger partial charge in [-0.3, -0.25) is 19.7 Å². The van der Waals surface area contributed by atoms with E-state index in [-0.39, 0.29) is 30.1 Å². The molecule has 2 aliphatic rings. The Labute approximate surface area is 267 Å². The predicted molar refractivity (Wildman–Crippen MR) is 173 cm³/mol. The number of Topliss-reactive ketones (excluding diaryl/α,β-unsaturated/α-hetero) is 1. The minimum Gasteiger partial charge on any atom is -0.453 e. The number of benzene rings is 1. The fourth-order valence-electron chi connectivity index (χ4n) is 5.61. The molecule has 1 saturated carbocycles. The zero-order valence-electron chi connectivity index (χ0n) is 26.2. The molecule has 3 aromatic heterocycles. The summed E-state index contributed by atoms with van der Waals surface area (Å²) in [6.45, 7) is 10.6. The fourth-order valence-corrected chi connectivity index (χ4v) is 6.65. The van der Waals surface area contributed by atoms with Crippen molar-refractivity contribution in [3.8, 4) is 22.1 Å². The summed E-state index contributed by atoms with van der Waals surface area (Å²) in [7, 11) is 0. The number of hydrogen-bond donors (Lipinski definition) is 0. The first-order valence-corrected chi connectivity index (χ1v) is 16.4. The number of carbonyl (C=O) groups is 2. The third kappa shape index (κ3) is 7.86. The van der Waals surface area contributed by atoms with Crippen LogP contribution < -0.4 is 4.74 Å². The van der Waals surface area contributed by atoms with E-state index in [9.17, 15) is 14.0 Å². The van der Waals surface area contributed by atoms with E-state index in [1.54, 1.807) is 29.3 Å². The Hall–Kier alpha value is -3.89. The average molecular weight is 631 g/mol. The van der Waals surface area contributed by atoms with Crippen LogP contribution in [-0.2, 0) is 22.5 Å². The molecule has 1 saturated heterocycles. The van der Waals surface area contributed by atoms with E-state index in [4.69, 9.17) is 14.5 Å². The number of piperazine rings is 1. The molecule has 0 unspecified atom stereocenters. The molecule has 1 aromatic carbocycles. The van der Waals surface area contributed by atoms with Gasteiger partial charge in [0.1, 0.15) is 17.1 Å². The van der Waals surface area contributed by atoms with Crippen LogP contribution in [0.2, 0.25) is 0 Å². The van der Waals surface area contributed by atoms with Crippen LogP contribution in [0.5, 0.6) is 11.5 Å². The van der Waals surface area contributed by atoms with Crippen molar-refractivity contribution >= 4 is 33.4 Å². The van der Waals surface area contributed by atoms with Gasteiger partial charge in [-0.15, -0.1) is 11.3 Å². The van der Waals surface area contributed by atoms with Crippen molar-refractivity contribution in [1.82, 2.24) is 19.8 Å². The van der Waals surface area contributed by atoms with Gasteiger partial charge in [0.15, 0.2) is 11.6 Å². The van der Waals surface area contributed by atoms with Gasteiger partial charge in [-0.2, -0.15) is 0 Å². The lowest BCUT2D eigenvalue weighted by molar-refractivity contribution is -0.118. The number of amides is 1. The molecule has 0 N–H and O–H groups in total. The summed E-state index contributed by atoms with van der Waals surface area (Å²) in [6, 6.07) is 12.6. The van der Waals surface area contributed by atoms with Crippen molar-refractivity contribution in [1.29, 1.82) is 0 Å². The zero-order chi connectivity index (χ0) is 31.7. The van der Waals surface area contributed by atoms with Gasteiger partial charge in [0.2, 0.25) is 0 Å². The third-order valence-corrected chi connectivity index (χ3v) is 9.19. The van der Waals surface area contributed by atoms with Gasteiger partial charge < -0.3 is 14.4 Å². The Balaban J connectivity index is 1.09. The van der Waals surface area contributed by atoms with Crippen molar-refractivity contribution in [2.24, 2.45) is 5.92 Å². The van der Waals surface area contributed by atoms with Crippen molar-refractivity contribution < 1.29 is 23.5 Å². The standard InChI is InChI=1S/C35H39FN4O4S/c1-22-20-39(13-14-40(22)34(42)44-35(2,3)4)21-25-7-9-28(38-19-25)32-18-29-33(45-32)31(11-12-37-29)43-30-10-8-24(17-27(30)36)16-26(41)15-23-5-6-23/h7-12,17-19,22-23H,5-6,13-16,20-21H2,1-4H3/t22-/m1/s1. The van der Waals surface area contributed by atoms with Crippen LogP contribution in [0.15, 0.2) is 54.9 Å². The van der Waals surface area contributed by atoms with Crippen LogP contribution in [0.4, 0.5) is 9.18 Å². The average Bonchev–Trinajstić information content (AvgIpc) is 3.67. The molecule has 4 aromatic rings. The summed E-state index contributed by atoms with van der Waals surface area (Å²) in [4.78, 5) is 39.1. The van der Waals surface area contributed by atoms with E-state index in [2.05, 4.69) is 16.0 Å². The Morgan fingerprint density at radius 3 is 2.51 bits per heavy atom. The van der Waals surface area contributed by atoms with E-state index in [0.29, 0.717) is 30.2 Å². The number of nitrogens with zero attached hydrogens (tertiary/aromatic N) is 4. The molecule has 6 rings (SSSR count). The van der Waals surface area contributed by atoms with Gasteiger partial charge in [-0.25, -0.2) is 9.18 Å². The minimum atomic E-state index is -0.512. The number of hydrogen-bond acceptors (Lipinski definition) is 8. The van der Waals surface area contributed by atoms with Crippen LogP contribution in [-0.4, -0.2) is 62.9 Å². The van der Waals surface area contributed by atoms with Gasteiger partial charge in [0.05, 0.1) is 20.8 Å². The van der Waals surface area contributed by atoms with Gasteiger partial charge in [0, 0.05) is 63.5 Å². The Bertz CT molecular complexity index is 1700. The molecule has 0 spiro atoms. The number of thiophene rings is 1. The van der Waals surface area contributed by atoms with Gasteiger partial charge >= 0.3 is 6.09 Å². The van der Waals surface area contributed by atoms with Crippen LogP contribution in [0.25, 0.3) is 20.8 Å². The number of rotatable bonds is 9. The topological polar surface area (TPSA) is 84.9 Å². The first kappa shape index (κ1) is 31.1. The van der Waals surface area contributed by atoms with Gasteiger partial charge in [-0.1, -0.05) is 12.1 Å². The quantitative estimate of drug-likeness (QED) is 0.188. The molecule has 236 valence electrons. The second-order valence-electron chi connectivity index (χ2n) is 13.2. The highest BCUT2D eigenvalue weighted by Gasteiger charge is 2.31. The number of carbonyl (C=O) groups excluding carboxylic acids is 2. The molecule has 2 fully saturated rings. The lowest BCUT2D eigenvalue weighted by Gasteiger charge is -2.40. The van der Waals surface area contributed by atoms with Crippen LogP contribution in [0.3, 0.4) is 0 Å². The van der Waals surface area contributed by atoms with Crippen molar-refractivity contribution in [2.45, 2.75) is 71.6 Å². The second kappa shape index (κ2) is 12.8. The molecule has 4 heterocycles. The molecule has 1 aliphatic heterocycles.